The summed E-state index contributed by atoms with van der Waals surface area (Å²) in [6.07, 6.45) is 20.5. The zero-order valence-electron chi connectivity index (χ0n) is 16.9. The normalized spacial score (nSPS) is 29.6. The van der Waals surface area contributed by atoms with Gasteiger partial charge in [0, 0.05) is 5.02 Å². The number of halogens is 1. The maximum absolute atomic E-state index is 6.19. The van der Waals surface area contributed by atoms with Crippen molar-refractivity contribution in [3.05, 3.63) is 34.9 Å². The van der Waals surface area contributed by atoms with E-state index < -0.39 is 0 Å². The average Bonchev–Trinajstić information content (AvgIpc) is 2.68. The zero-order valence-corrected chi connectivity index (χ0v) is 17.7. The van der Waals surface area contributed by atoms with Crippen LogP contribution in [0.1, 0.15) is 108 Å². The summed E-state index contributed by atoms with van der Waals surface area (Å²) >= 11 is 6.19. The van der Waals surface area contributed by atoms with Crippen molar-refractivity contribution in [1.29, 1.82) is 0 Å². The van der Waals surface area contributed by atoms with Crippen LogP contribution in [0.3, 0.4) is 0 Å². The van der Waals surface area contributed by atoms with Gasteiger partial charge in [-0.25, -0.2) is 0 Å². The smallest absolute Gasteiger partial charge is 0.0408 e. The molecule has 2 fully saturated rings. The summed E-state index contributed by atoms with van der Waals surface area (Å²) < 4.78 is 0. The Morgan fingerprint density at radius 2 is 1.46 bits per heavy atom. The third-order valence-electron chi connectivity index (χ3n) is 7.37. The topological polar surface area (TPSA) is 0 Å². The first-order valence-corrected chi connectivity index (χ1v) is 11.9. The minimum atomic E-state index is 0.754. The van der Waals surface area contributed by atoms with Crippen LogP contribution >= 0.6 is 11.6 Å². The Hall–Kier alpha value is -0.490. The van der Waals surface area contributed by atoms with Gasteiger partial charge >= 0.3 is 0 Å². The van der Waals surface area contributed by atoms with Crippen LogP contribution in [-0.4, -0.2) is 0 Å². The number of rotatable bonds is 8. The average molecular weight is 375 g/mol. The first-order valence-electron chi connectivity index (χ1n) is 11.5. The van der Waals surface area contributed by atoms with Crippen molar-refractivity contribution in [3.8, 4) is 0 Å². The molecule has 26 heavy (non-hydrogen) atoms. The summed E-state index contributed by atoms with van der Waals surface area (Å²) in [7, 11) is 0. The van der Waals surface area contributed by atoms with Crippen molar-refractivity contribution in [2.75, 3.05) is 0 Å². The van der Waals surface area contributed by atoms with Gasteiger partial charge in [0.15, 0.2) is 0 Å². The van der Waals surface area contributed by atoms with E-state index in [0.717, 1.165) is 28.7 Å². The third kappa shape index (κ3) is 6.01. The minimum Gasteiger partial charge on any atom is -0.0843 e. The Morgan fingerprint density at radius 1 is 0.808 bits per heavy atom. The second-order valence-corrected chi connectivity index (χ2v) is 9.59. The maximum atomic E-state index is 6.19. The second kappa shape index (κ2) is 10.7. The van der Waals surface area contributed by atoms with Crippen molar-refractivity contribution in [1.82, 2.24) is 0 Å². The molecule has 0 amide bonds. The van der Waals surface area contributed by atoms with Crippen LogP contribution in [0.5, 0.6) is 0 Å². The van der Waals surface area contributed by atoms with Crippen LogP contribution in [0.4, 0.5) is 0 Å². The van der Waals surface area contributed by atoms with Gasteiger partial charge in [-0.2, -0.15) is 0 Å². The predicted molar refractivity (Wildman–Crippen MR) is 115 cm³/mol. The van der Waals surface area contributed by atoms with Gasteiger partial charge in [-0.05, 0) is 79.9 Å². The fourth-order valence-corrected chi connectivity index (χ4v) is 5.87. The molecule has 0 aromatic heterocycles. The highest BCUT2D eigenvalue weighted by Crippen LogP contribution is 2.44. The van der Waals surface area contributed by atoms with Crippen LogP contribution in [0, 0.1) is 17.8 Å². The van der Waals surface area contributed by atoms with Gasteiger partial charge in [0.1, 0.15) is 0 Å². The molecule has 0 spiro atoms. The summed E-state index contributed by atoms with van der Waals surface area (Å²) in [5, 5.41) is 0.901. The molecule has 0 atom stereocenters. The van der Waals surface area contributed by atoms with E-state index in [0.29, 0.717) is 0 Å². The van der Waals surface area contributed by atoms with Gasteiger partial charge in [-0.3, -0.25) is 0 Å². The standard InChI is InChI=1S/C25H39Cl/c1-2-3-4-5-6-8-20-11-13-21(14-12-20)22-15-17-23(18-16-22)24-9-7-10-25(26)19-24/h7,9-10,19-23H,2-6,8,11-18H2,1H3/t20-,21-,22?,23?. The lowest BCUT2D eigenvalue weighted by Gasteiger charge is -2.38. The summed E-state index contributed by atoms with van der Waals surface area (Å²) in [6, 6.07) is 8.59. The lowest BCUT2D eigenvalue weighted by atomic mass is 9.68. The fourth-order valence-electron chi connectivity index (χ4n) is 5.67. The van der Waals surface area contributed by atoms with Crippen LogP contribution in [-0.2, 0) is 0 Å². The van der Waals surface area contributed by atoms with Gasteiger partial charge in [0.05, 0.1) is 0 Å². The van der Waals surface area contributed by atoms with Crippen LogP contribution < -0.4 is 0 Å². The molecule has 1 aromatic carbocycles. The molecule has 1 heteroatoms. The Morgan fingerprint density at radius 3 is 2.12 bits per heavy atom. The molecule has 0 nitrogen and oxygen atoms in total. The molecule has 0 heterocycles. The van der Waals surface area contributed by atoms with Crippen molar-refractivity contribution in [2.24, 2.45) is 17.8 Å². The van der Waals surface area contributed by atoms with E-state index in [-0.39, 0.29) is 0 Å². The van der Waals surface area contributed by atoms with Crippen molar-refractivity contribution in [2.45, 2.75) is 103 Å². The summed E-state index contributed by atoms with van der Waals surface area (Å²) in [6.45, 7) is 2.31. The lowest BCUT2D eigenvalue weighted by molar-refractivity contribution is 0.155. The molecule has 2 aliphatic rings. The third-order valence-corrected chi connectivity index (χ3v) is 7.60. The van der Waals surface area contributed by atoms with E-state index in [1.807, 2.05) is 6.07 Å². The van der Waals surface area contributed by atoms with Crippen LogP contribution in [0.25, 0.3) is 0 Å². The molecule has 2 aliphatic carbocycles. The molecule has 0 aliphatic heterocycles. The highest BCUT2D eigenvalue weighted by Gasteiger charge is 2.31. The number of unbranched alkanes of at least 4 members (excludes halogenated alkanes) is 4. The van der Waals surface area contributed by atoms with Crippen LogP contribution in [0.2, 0.25) is 5.02 Å². The monoisotopic (exact) mass is 374 g/mol. The Balaban J connectivity index is 1.34. The molecule has 2 saturated carbocycles. The van der Waals surface area contributed by atoms with Crippen molar-refractivity contribution in [3.63, 3.8) is 0 Å². The molecule has 3 rings (SSSR count). The van der Waals surface area contributed by atoms with E-state index in [9.17, 15) is 0 Å². The predicted octanol–water partition coefficient (Wildman–Crippen LogP) is 8.78. The van der Waals surface area contributed by atoms with Gasteiger partial charge in [0.2, 0.25) is 0 Å². The van der Waals surface area contributed by atoms with E-state index in [2.05, 4.69) is 25.1 Å². The highest BCUT2D eigenvalue weighted by atomic mass is 35.5. The molecule has 0 N–H and O–H groups in total. The Labute approximate surface area is 167 Å². The largest absolute Gasteiger partial charge is 0.0843 e. The van der Waals surface area contributed by atoms with Crippen LogP contribution in [0.15, 0.2) is 24.3 Å². The van der Waals surface area contributed by atoms with E-state index in [4.69, 9.17) is 11.6 Å². The first-order chi connectivity index (χ1) is 12.8. The molecule has 0 bridgehead atoms. The molecule has 1 aromatic rings. The van der Waals surface area contributed by atoms with Gasteiger partial charge in [-0.1, -0.05) is 82.0 Å². The summed E-state index contributed by atoms with van der Waals surface area (Å²) in [5.41, 5.74) is 1.47. The van der Waals surface area contributed by atoms with Gasteiger partial charge in [-0.15, -0.1) is 0 Å². The minimum absolute atomic E-state index is 0.754. The molecule has 146 valence electrons. The molecule has 0 unspecified atom stereocenters. The quantitative estimate of drug-likeness (QED) is 0.399. The summed E-state index contributed by atoms with van der Waals surface area (Å²) in [4.78, 5) is 0. The van der Waals surface area contributed by atoms with Gasteiger partial charge < -0.3 is 0 Å². The Bertz CT molecular complexity index is 507. The fraction of sp³-hybridized carbons (Fsp3) is 0.760. The van der Waals surface area contributed by atoms with Crippen molar-refractivity contribution >= 4 is 11.6 Å². The second-order valence-electron chi connectivity index (χ2n) is 9.15. The van der Waals surface area contributed by atoms with E-state index in [1.54, 1.807) is 0 Å². The van der Waals surface area contributed by atoms with E-state index >= 15 is 0 Å². The number of benzene rings is 1. The lowest BCUT2D eigenvalue weighted by Crippen LogP contribution is -2.25. The first kappa shape index (κ1) is 20.2. The Kier molecular flexibility index (Phi) is 8.37. The molecular formula is C25H39Cl. The SMILES string of the molecule is CCCCCCC[C@H]1CC[C@H](C2CCC(c3cccc(Cl)c3)CC2)CC1. The number of hydrogen-bond donors (Lipinski definition) is 0. The molecule has 0 radical (unpaired) electrons. The molecular weight excluding hydrogens is 336 g/mol. The molecule has 0 saturated heterocycles. The zero-order chi connectivity index (χ0) is 18.2. The maximum Gasteiger partial charge on any atom is 0.0408 e. The van der Waals surface area contributed by atoms with Gasteiger partial charge in [0.25, 0.3) is 0 Å². The summed E-state index contributed by atoms with van der Waals surface area (Å²) in [5.74, 6) is 3.85. The number of hydrogen-bond acceptors (Lipinski definition) is 0. The van der Waals surface area contributed by atoms with E-state index in [1.165, 1.54) is 95.5 Å². The van der Waals surface area contributed by atoms with Crippen molar-refractivity contribution < 1.29 is 0 Å². The highest BCUT2D eigenvalue weighted by molar-refractivity contribution is 6.30.